The number of aromatic nitrogens is 2. The molecule has 0 saturated carbocycles. The minimum atomic E-state index is -0.245. The number of hydrogen-bond donors (Lipinski definition) is 1. The van der Waals surface area contributed by atoms with Crippen LogP contribution in [-0.4, -0.2) is 29.5 Å². The Labute approximate surface area is 145 Å². The SMILES string of the molecule is Fc1ccc(CSc2nnc(NCC3CCCO3)s2)cc1Br. The third-order valence-corrected chi connectivity index (χ3v) is 5.95. The number of rotatable bonds is 6. The molecular formula is C14H15BrFN3OS2. The predicted molar refractivity (Wildman–Crippen MR) is 91.0 cm³/mol. The molecule has 0 radical (unpaired) electrons. The molecule has 1 aliphatic rings. The number of nitrogens with one attached hydrogen (secondary N) is 1. The highest BCUT2D eigenvalue weighted by Crippen LogP contribution is 2.29. The lowest BCUT2D eigenvalue weighted by molar-refractivity contribution is 0.120. The van der Waals surface area contributed by atoms with E-state index in [0.29, 0.717) is 4.47 Å². The second kappa shape index (κ2) is 7.72. The van der Waals surface area contributed by atoms with E-state index >= 15 is 0 Å². The second-order valence-corrected chi connectivity index (χ2v) is 7.98. The first-order valence-electron chi connectivity index (χ1n) is 6.96. The van der Waals surface area contributed by atoms with Crippen LogP contribution in [0.25, 0.3) is 0 Å². The summed E-state index contributed by atoms with van der Waals surface area (Å²) in [5.74, 6) is 0.490. The van der Waals surface area contributed by atoms with Gasteiger partial charge in [0.2, 0.25) is 5.13 Å². The van der Waals surface area contributed by atoms with Crippen molar-refractivity contribution in [3.8, 4) is 0 Å². The zero-order chi connectivity index (χ0) is 15.4. The van der Waals surface area contributed by atoms with Crippen LogP contribution in [0.5, 0.6) is 0 Å². The fraction of sp³-hybridized carbons (Fsp3) is 0.429. The zero-order valence-corrected chi connectivity index (χ0v) is 14.9. The van der Waals surface area contributed by atoms with E-state index in [1.54, 1.807) is 23.9 Å². The van der Waals surface area contributed by atoms with E-state index < -0.39 is 0 Å². The minimum Gasteiger partial charge on any atom is -0.376 e. The maximum Gasteiger partial charge on any atom is 0.206 e. The molecule has 0 spiro atoms. The van der Waals surface area contributed by atoms with E-state index in [-0.39, 0.29) is 11.9 Å². The maximum absolute atomic E-state index is 13.2. The standard InChI is InChI=1S/C14H15BrFN3OS2/c15-11-6-9(3-4-12(11)16)8-21-14-19-18-13(22-14)17-7-10-2-1-5-20-10/h3-4,6,10H,1-2,5,7-8H2,(H,17,18). The molecule has 1 fully saturated rings. The van der Waals surface area contributed by atoms with Crippen molar-refractivity contribution in [2.45, 2.75) is 29.0 Å². The summed E-state index contributed by atoms with van der Waals surface area (Å²) < 4.78 is 20.1. The van der Waals surface area contributed by atoms with E-state index in [4.69, 9.17) is 4.74 Å². The van der Waals surface area contributed by atoms with Gasteiger partial charge in [-0.25, -0.2) is 4.39 Å². The van der Waals surface area contributed by atoms with Gasteiger partial charge in [0.15, 0.2) is 4.34 Å². The van der Waals surface area contributed by atoms with Crippen LogP contribution in [0, 0.1) is 5.82 Å². The molecule has 8 heteroatoms. The molecule has 1 saturated heterocycles. The molecule has 2 aromatic rings. The molecule has 0 aliphatic carbocycles. The number of anilines is 1. The third-order valence-electron chi connectivity index (χ3n) is 3.26. The number of nitrogens with zero attached hydrogens (tertiary/aromatic N) is 2. The Morgan fingerprint density at radius 2 is 2.36 bits per heavy atom. The summed E-state index contributed by atoms with van der Waals surface area (Å²) >= 11 is 6.33. The molecule has 1 aliphatic heterocycles. The van der Waals surface area contributed by atoms with Gasteiger partial charge in [-0.15, -0.1) is 10.2 Å². The molecule has 3 rings (SSSR count). The Morgan fingerprint density at radius 3 is 3.14 bits per heavy atom. The van der Waals surface area contributed by atoms with Crippen molar-refractivity contribution in [1.82, 2.24) is 10.2 Å². The lowest BCUT2D eigenvalue weighted by atomic mass is 10.2. The minimum absolute atomic E-state index is 0.245. The molecule has 0 amide bonds. The largest absolute Gasteiger partial charge is 0.376 e. The van der Waals surface area contributed by atoms with Crippen LogP contribution in [0.15, 0.2) is 27.0 Å². The Bertz CT molecular complexity index is 634. The highest BCUT2D eigenvalue weighted by molar-refractivity contribution is 9.10. The van der Waals surface area contributed by atoms with Crippen LogP contribution in [0.2, 0.25) is 0 Å². The summed E-state index contributed by atoms with van der Waals surface area (Å²) in [6.45, 7) is 1.64. The number of benzene rings is 1. The van der Waals surface area contributed by atoms with Crippen molar-refractivity contribution in [3.05, 3.63) is 34.1 Å². The molecule has 22 heavy (non-hydrogen) atoms. The van der Waals surface area contributed by atoms with Crippen molar-refractivity contribution < 1.29 is 9.13 Å². The van der Waals surface area contributed by atoms with Crippen LogP contribution in [0.3, 0.4) is 0 Å². The Kier molecular flexibility index (Phi) is 5.67. The highest BCUT2D eigenvalue weighted by atomic mass is 79.9. The lowest BCUT2D eigenvalue weighted by Crippen LogP contribution is -2.18. The van der Waals surface area contributed by atoms with Crippen molar-refractivity contribution in [1.29, 1.82) is 0 Å². The van der Waals surface area contributed by atoms with Gasteiger partial charge in [0.05, 0.1) is 10.6 Å². The monoisotopic (exact) mass is 403 g/mol. The topological polar surface area (TPSA) is 47.0 Å². The maximum atomic E-state index is 13.2. The van der Waals surface area contributed by atoms with E-state index in [1.165, 1.54) is 17.4 Å². The van der Waals surface area contributed by atoms with Gasteiger partial charge in [-0.2, -0.15) is 0 Å². The molecule has 1 unspecified atom stereocenters. The van der Waals surface area contributed by atoms with E-state index in [2.05, 4.69) is 31.4 Å². The zero-order valence-electron chi connectivity index (χ0n) is 11.7. The van der Waals surface area contributed by atoms with Crippen molar-refractivity contribution in [2.75, 3.05) is 18.5 Å². The van der Waals surface area contributed by atoms with Gasteiger partial charge >= 0.3 is 0 Å². The molecule has 118 valence electrons. The van der Waals surface area contributed by atoms with Crippen molar-refractivity contribution in [3.63, 3.8) is 0 Å². The molecule has 2 heterocycles. The fourth-order valence-electron chi connectivity index (χ4n) is 2.12. The molecule has 4 nitrogen and oxygen atoms in total. The fourth-order valence-corrected chi connectivity index (χ4v) is 4.25. The number of ether oxygens (including phenoxy) is 1. The van der Waals surface area contributed by atoms with Gasteiger partial charge in [-0.3, -0.25) is 0 Å². The molecule has 1 aromatic heterocycles. The van der Waals surface area contributed by atoms with E-state index in [0.717, 1.165) is 46.8 Å². The van der Waals surface area contributed by atoms with Crippen LogP contribution in [-0.2, 0) is 10.5 Å². The summed E-state index contributed by atoms with van der Waals surface area (Å²) in [4.78, 5) is 0. The Morgan fingerprint density at radius 1 is 1.45 bits per heavy atom. The van der Waals surface area contributed by atoms with Gasteiger partial charge < -0.3 is 10.1 Å². The first kappa shape index (κ1) is 16.2. The number of hydrogen-bond acceptors (Lipinski definition) is 6. The van der Waals surface area contributed by atoms with Crippen molar-refractivity contribution in [2.24, 2.45) is 0 Å². The molecule has 1 aromatic carbocycles. The van der Waals surface area contributed by atoms with Gasteiger partial charge in [-0.05, 0) is 46.5 Å². The summed E-state index contributed by atoms with van der Waals surface area (Å²) in [6, 6.07) is 5.04. The van der Waals surface area contributed by atoms with Crippen LogP contribution >= 0.6 is 39.0 Å². The van der Waals surface area contributed by atoms with Gasteiger partial charge in [-0.1, -0.05) is 29.2 Å². The van der Waals surface area contributed by atoms with Gasteiger partial charge in [0.1, 0.15) is 5.82 Å². The molecule has 0 bridgehead atoms. The average Bonchev–Trinajstić information content (AvgIpc) is 3.17. The lowest BCUT2D eigenvalue weighted by Gasteiger charge is -2.08. The second-order valence-electron chi connectivity index (χ2n) is 4.93. The quantitative estimate of drug-likeness (QED) is 0.727. The molecule has 1 atom stereocenters. The first-order chi connectivity index (χ1) is 10.7. The van der Waals surface area contributed by atoms with Gasteiger partial charge in [0.25, 0.3) is 0 Å². The van der Waals surface area contributed by atoms with Crippen molar-refractivity contribution >= 4 is 44.2 Å². The Hall–Kier alpha value is -0.700. The summed E-state index contributed by atoms with van der Waals surface area (Å²) in [7, 11) is 0. The molecule has 1 N–H and O–H groups in total. The Balaban J connectivity index is 1.49. The van der Waals surface area contributed by atoms with Crippen LogP contribution in [0.1, 0.15) is 18.4 Å². The third kappa shape index (κ3) is 4.41. The van der Waals surface area contributed by atoms with Crippen LogP contribution < -0.4 is 5.32 Å². The normalized spacial score (nSPS) is 17.8. The van der Waals surface area contributed by atoms with E-state index in [9.17, 15) is 4.39 Å². The average molecular weight is 404 g/mol. The smallest absolute Gasteiger partial charge is 0.206 e. The number of thioether (sulfide) groups is 1. The predicted octanol–water partition coefficient (Wildman–Crippen LogP) is 4.32. The summed E-state index contributed by atoms with van der Waals surface area (Å²) in [5, 5.41) is 12.4. The summed E-state index contributed by atoms with van der Waals surface area (Å²) in [6.07, 6.45) is 2.53. The first-order valence-corrected chi connectivity index (χ1v) is 9.56. The molecular weight excluding hydrogens is 389 g/mol. The number of halogens is 2. The summed E-state index contributed by atoms with van der Waals surface area (Å²) in [5.41, 5.74) is 1.04. The highest BCUT2D eigenvalue weighted by Gasteiger charge is 2.15. The van der Waals surface area contributed by atoms with Crippen LogP contribution in [0.4, 0.5) is 9.52 Å². The van der Waals surface area contributed by atoms with Gasteiger partial charge in [0, 0.05) is 18.9 Å². The van der Waals surface area contributed by atoms with E-state index in [1.807, 2.05) is 0 Å².